The summed E-state index contributed by atoms with van der Waals surface area (Å²) >= 11 is 0. The minimum absolute atomic E-state index is 0.0224. The molecule has 45 heavy (non-hydrogen) atoms. The van der Waals surface area contributed by atoms with Gasteiger partial charge in [0.05, 0.1) is 23.3 Å². The van der Waals surface area contributed by atoms with E-state index in [1.807, 2.05) is 0 Å². The van der Waals surface area contributed by atoms with Crippen molar-refractivity contribution in [1.82, 2.24) is 15.1 Å². The Labute approximate surface area is 259 Å². The third kappa shape index (κ3) is 4.51. The molecule has 8 rings (SSSR count). The second-order valence-corrected chi connectivity index (χ2v) is 12.5. The number of hydrogen-bond acceptors (Lipinski definition) is 7. The van der Waals surface area contributed by atoms with E-state index in [1.54, 1.807) is 12.1 Å². The fourth-order valence-electron chi connectivity index (χ4n) is 7.91. The third-order valence-corrected chi connectivity index (χ3v) is 9.91. The van der Waals surface area contributed by atoms with Crippen LogP contribution in [0.5, 0.6) is 11.5 Å². The van der Waals surface area contributed by atoms with E-state index in [4.69, 9.17) is 15.9 Å². The van der Waals surface area contributed by atoms with E-state index < -0.39 is 29.5 Å². The molecule has 5 aliphatic rings. The van der Waals surface area contributed by atoms with Gasteiger partial charge in [0.2, 0.25) is 0 Å². The van der Waals surface area contributed by atoms with Crippen molar-refractivity contribution in [1.29, 1.82) is 0 Å². The number of allylic oxidation sites excluding steroid dienone is 2. The van der Waals surface area contributed by atoms with Gasteiger partial charge in [-0.05, 0) is 67.4 Å². The molecular weight excluding hydrogens is 581 g/mol. The van der Waals surface area contributed by atoms with Gasteiger partial charge in [-0.15, -0.1) is 6.42 Å². The zero-order valence-electron chi connectivity index (χ0n) is 24.6. The highest BCUT2D eigenvalue weighted by Gasteiger charge is 2.49. The van der Waals surface area contributed by atoms with Crippen molar-refractivity contribution in [3.05, 3.63) is 76.9 Å². The lowest BCUT2D eigenvalue weighted by Crippen LogP contribution is -2.45. The number of nitrogens with one attached hydrogen (secondary N) is 2. The molecule has 3 aromatic rings. The molecular formula is C35H33F3N4O3. The smallest absolute Gasteiger partial charge is 0.286 e. The van der Waals surface area contributed by atoms with E-state index in [1.165, 1.54) is 24.3 Å². The maximum absolute atomic E-state index is 17.1. The molecule has 3 aromatic carbocycles. The molecule has 232 valence electrons. The second-order valence-electron chi connectivity index (χ2n) is 12.5. The molecule has 2 fully saturated rings. The number of benzene rings is 3. The number of halogens is 3. The molecule has 5 aliphatic heterocycles. The van der Waals surface area contributed by atoms with Crippen molar-refractivity contribution in [3.8, 4) is 35.0 Å². The summed E-state index contributed by atoms with van der Waals surface area (Å²) in [7, 11) is 0. The number of ether oxygens (including phenoxy) is 2. The number of phenolic OH excluding ortho intramolecular Hbond substituents is 1. The number of alkyl halides is 1. The number of nitrogens with zero attached hydrogens (tertiary/aromatic N) is 2. The van der Waals surface area contributed by atoms with Gasteiger partial charge in [0.25, 0.3) is 5.95 Å². The lowest BCUT2D eigenvalue weighted by Gasteiger charge is -2.42. The molecule has 0 aromatic heterocycles. The Morgan fingerprint density at radius 3 is 2.91 bits per heavy atom. The molecule has 0 radical (unpaired) electrons. The quantitative estimate of drug-likeness (QED) is 0.300. The molecule has 10 heteroatoms. The van der Waals surface area contributed by atoms with E-state index in [2.05, 4.69) is 32.4 Å². The molecule has 0 aliphatic carbocycles. The lowest BCUT2D eigenvalue weighted by molar-refractivity contribution is 0.0250. The Morgan fingerprint density at radius 2 is 2.04 bits per heavy atom. The first-order valence-electron chi connectivity index (χ1n) is 15.5. The van der Waals surface area contributed by atoms with Gasteiger partial charge in [0.15, 0.2) is 11.6 Å². The van der Waals surface area contributed by atoms with Crippen LogP contribution in [0.2, 0.25) is 0 Å². The predicted octanol–water partition coefficient (Wildman–Crippen LogP) is 6.25. The van der Waals surface area contributed by atoms with Crippen LogP contribution >= 0.6 is 0 Å². The molecule has 5 heterocycles. The van der Waals surface area contributed by atoms with Gasteiger partial charge < -0.3 is 24.8 Å². The van der Waals surface area contributed by atoms with E-state index in [0.29, 0.717) is 41.7 Å². The fraction of sp³-hybridized carbons (Fsp3) is 0.371. The number of rotatable bonds is 4. The van der Waals surface area contributed by atoms with Crippen LogP contribution in [-0.2, 0) is 4.74 Å². The van der Waals surface area contributed by atoms with E-state index in [0.717, 1.165) is 44.5 Å². The molecule has 0 spiro atoms. The third-order valence-electron chi connectivity index (χ3n) is 9.91. The summed E-state index contributed by atoms with van der Waals surface area (Å²) in [6.45, 7) is 2.58. The van der Waals surface area contributed by atoms with E-state index in [9.17, 15) is 13.9 Å². The maximum atomic E-state index is 17.1. The summed E-state index contributed by atoms with van der Waals surface area (Å²) in [5.41, 5.74) is 1.98. The minimum atomic E-state index is -0.911. The highest BCUT2D eigenvalue weighted by Crippen LogP contribution is 2.49. The van der Waals surface area contributed by atoms with Gasteiger partial charge in [0.1, 0.15) is 30.5 Å². The topological polar surface area (TPSA) is 69.2 Å². The van der Waals surface area contributed by atoms with Gasteiger partial charge in [0, 0.05) is 47.9 Å². The largest absolute Gasteiger partial charge is 0.508 e. The van der Waals surface area contributed by atoms with E-state index >= 15 is 4.39 Å². The van der Waals surface area contributed by atoms with Crippen molar-refractivity contribution in [2.45, 2.75) is 50.0 Å². The molecule has 0 bridgehead atoms. The number of fused-ring (bicyclic) bond motifs is 4. The zero-order chi connectivity index (χ0) is 30.9. The number of anilines is 1. The summed E-state index contributed by atoms with van der Waals surface area (Å²) in [4.78, 5) is 4.34. The van der Waals surface area contributed by atoms with Crippen molar-refractivity contribution >= 4 is 16.5 Å². The Hall–Kier alpha value is -4.33. The van der Waals surface area contributed by atoms with Crippen LogP contribution < -0.4 is 15.4 Å². The van der Waals surface area contributed by atoms with Gasteiger partial charge >= 0.3 is 0 Å². The average Bonchev–Trinajstić information content (AvgIpc) is 3.55. The zero-order valence-corrected chi connectivity index (χ0v) is 24.6. The standard InChI is InChI=1S/C35H33F3N4O3/c1-2-24-27(37)8-7-20-12-23(43)14-25(30(20)24)26-15-28-31-33(32(26)38)45-29(44-18-35-9-5-10-41(35)17-21(36)16-35)13-22-6-3-4-11-42(22)34(31)40-19-39-28/h1,6-8,12-15,21,34,39-40,43H,3-5,9-11,16-19H2/t21-,34?,35+/m1/s1. The SMILES string of the molecule is C#Cc1c(F)ccc2cc(O)cc(-c3cc4c5c(c3F)OC(OC[C@@]36CCCN3C[C@H](F)C6)=CC3=CCCCN3C5NCN4)c12. The highest BCUT2D eigenvalue weighted by atomic mass is 19.1. The highest BCUT2D eigenvalue weighted by molar-refractivity contribution is 6.02. The Balaban J connectivity index is 1.29. The van der Waals surface area contributed by atoms with Crippen molar-refractivity contribution in [2.24, 2.45) is 0 Å². The van der Waals surface area contributed by atoms with Crippen LogP contribution in [0.3, 0.4) is 0 Å². The summed E-state index contributed by atoms with van der Waals surface area (Å²) in [6, 6.07) is 7.27. The van der Waals surface area contributed by atoms with Gasteiger partial charge in [-0.25, -0.2) is 13.2 Å². The van der Waals surface area contributed by atoms with Crippen LogP contribution in [0.4, 0.5) is 18.9 Å². The van der Waals surface area contributed by atoms with E-state index in [-0.39, 0.29) is 40.7 Å². The van der Waals surface area contributed by atoms with Crippen molar-refractivity contribution < 1.29 is 27.8 Å². The maximum Gasteiger partial charge on any atom is 0.286 e. The first kappa shape index (κ1) is 28.2. The Bertz CT molecular complexity index is 1840. The molecule has 7 nitrogen and oxygen atoms in total. The first-order chi connectivity index (χ1) is 21.8. The van der Waals surface area contributed by atoms with Crippen LogP contribution in [0.1, 0.15) is 49.4 Å². The van der Waals surface area contributed by atoms with Gasteiger partial charge in [-0.1, -0.05) is 18.1 Å². The van der Waals surface area contributed by atoms with Crippen LogP contribution in [0.15, 0.2) is 54.1 Å². The minimum Gasteiger partial charge on any atom is -0.508 e. The average molecular weight is 615 g/mol. The monoisotopic (exact) mass is 614 g/mol. The number of aromatic hydroxyl groups is 1. The molecule has 0 amide bonds. The summed E-state index contributed by atoms with van der Waals surface area (Å²) < 4.78 is 59.3. The second kappa shape index (κ2) is 10.6. The molecule has 0 saturated carbocycles. The van der Waals surface area contributed by atoms with Crippen LogP contribution in [0.25, 0.3) is 21.9 Å². The van der Waals surface area contributed by atoms with Crippen molar-refractivity contribution in [2.75, 3.05) is 38.2 Å². The fourth-order valence-corrected chi connectivity index (χ4v) is 7.91. The first-order valence-corrected chi connectivity index (χ1v) is 15.5. The lowest BCUT2D eigenvalue weighted by atomic mass is 9.91. The predicted molar refractivity (Wildman–Crippen MR) is 165 cm³/mol. The molecule has 3 N–H and O–H groups in total. The summed E-state index contributed by atoms with van der Waals surface area (Å²) in [5, 5.41) is 18.2. The van der Waals surface area contributed by atoms with Gasteiger partial charge in [-0.2, -0.15) is 0 Å². The van der Waals surface area contributed by atoms with Gasteiger partial charge in [-0.3, -0.25) is 10.2 Å². The Morgan fingerprint density at radius 1 is 1.16 bits per heavy atom. The number of hydrogen-bond donors (Lipinski definition) is 3. The number of terminal acetylenes is 1. The molecule has 3 atom stereocenters. The van der Waals surface area contributed by atoms with Crippen LogP contribution in [-0.4, -0.2) is 59.5 Å². The van der Waals surface area contributed by atoms with Crippen molar-refractivity contribution in [3.63, 3.8) is 0 Å². The summed E-state index contributed by atoms with van der Waals surface area (Å²) in [6.07, 6.45) is 12.3. The molecule has 2 saturated heterocycles. The van der Waals surface area contributed by atoms with Crippen LogP contribution in [0, 0.1) is 24.0 Å². The normalized spacial score (nSPS) is 25.5. The molecule has 1 unspecified atom stereocenters. The Kier molecular flexibility index (Phi) is 6.66. The number of phenols is 1. The summed E-state index contributed by atoms with van der Waals surface area (Å²) in [5.74, 6) is 1.05.